The molecule has 11 heteroatoms. The Morgan fingerprint density at radius 3 is 2.62 bits per heavy atom. The normalized spacial score (nSPS) is 13.7. The molecule has 2 N–H and O–H groups in total. The first-order chi connectivity index (χ1) is 16.6. The number of ether oxygens (including phenoxy) is 2. The van der Waals surface area contributed by atoms with Gasteiger partial charge in [-0.05, 0) is 64.5 Å². The first kappa shape index (κ1) is 21.1. The second kappa shape index (κ2) is 8.73. The highest BCUT2D eigenvalue weighted by atomic mass is 79.9. The molecule has 170 valence electrons. The number of imidazole rings is 1. The maximum Gasteiger partial charge on any atom is 0.183 e. The Bertz CT molecular complexity index is 1480. The molecule has 1 aliphatic rings. The molecular formula is C23H17Br2N7O2. The molecule has 1 aliphatic heterocycles. The zero-order valence-electron chi connectivity index (χ0n) is 17.6. The van der Waals surface area contributed by atoms with Gasteiger partial charge in [0.25, 0.3) is 0 Å². The molecule has 0 aliphatic carbocycles. The van der Waals surface area contributed by atoms with Gasteiger partial charge in [0.05, 0.1) is 23.0 Å². The molecule has 1 unspecified atom stereocenters. The highest BCUT2D eigenvalue weighted by molar-refractivity contribution is 9.11. The van der Waals surface area contributed by atoms with Crippen LogP contribution >= 0.6 is 31.9 Å². The van der Waals surface area contributed by atoms with Crippen LogP contribution in [-0.4, -0.2) is 43.4 Å². The largest absolute Gasteiger partial charge is 0.486 e. The molecule has 0 saturated heterocycles. The van der Waals surface area contributed by atoms with E-state index in [1.807, 2.05) is 54.6 Å². The number of aromatic nitrogens is 6. The summed E-state index contributed by atoms with van der Waals surface area (Å²) in [4.78, 5) is 7.46. The van der Waals surface area contributed by atoms with Crippen molar-refractivity contribution in [2.75, 3.05) is 18.5 Å². The van der Waals surface area contributed by atoms with Crippen LogP contribution in [0.15, 0.2) is 69.9 Å². The minimum Gasteiger partial charge on any atom is -0.486 e. The van der Waals surface area contributed by atoms with Gasteiger partial charge in [0.2, 0.25) is 0 Å². The van der Waals surface area contributed by atoms with Crippen molar-refractivity contribution in [3.63, 3.8) is 0 Å². The molecular weight excluding hydrogens is 566 g/mol. The van der Waals surface area contributed by atoms with E-state index in [-0.39, 0.29) is 6.04 Å². The molecule has 9 nitrogen and oxygen atoms in total. The number of halogens is 2. The van der Waals surface area contributed by atoms with Crippen LogP contribution in [0, 0.1) is 0 Å². The number of nitrogens with zero attached hydrogens (tertiary/aromatic N) is 5. The third kappa shape index (κ3) is 4.01. The Morgan fingerprint density at radius 2 is 1.76 bits per heavy atom. The van der Waals surface area contributed by atoms with E-state index in [2.05, 4.69) is 62.7 Å². The van der Waals surface area contributed by atoms with Crippen molar-refractivity contribution in [3.8, 4) is 17.2 Å². The van der Waals surface area contributed by atoms with E-state index in [1.165, 1.54) is 0 Å². The van der Waals surface area contributed by atoms with E-state index < -0.39 is 0 Å². The van der Waals surface area contributed by atoms with Crippen molar-refractivity contribution in [1.82, 2.24) is 30.2 Å². The number of hydrogen-bond donors (Lipinski definition) is 2. The molecule has 6 rings (SSSR count). The van der Waals surface area contributed by atoms with Crippen LogP contribution in [0.3, 0.4) is 0 Å². The third-order valence-electron chi connectivity index (χ3n) is 5.47. The maximum absolute atomic E-state index is 5.76. The topological polar surface area (TPSA) is 103 Å². The summed E-state index contributed by atoms with van der Waals surface area (Å²) >= 11 is 7.20. The second-order valence-corrected chi connectivity index (χ2v) is 9.52. The lowest BCUT2D eigenvalue weighted by atomic mass is 10.1. The monoisotopic (exact) mass is 581 g/mol. The quantitative estimate of drug-likeness (QED) is 0.299. The third-order valence-corrected chi connectivity index (χ3v) is 6.39. The molecule has 0 amide bonds. The summed E-state index contributed by atoms with van der Waals surface area (Å²) in [6.07, 6.45) is 1.68. The summed E-state index contributed by atoms with van der Waals surface area (Å²) in [5.74, 6) is 2.00. The molecule has 0 saturated carbocycles. The maximum atomic E-state index is 5.76. The first-order valence-electron chi connectivity index (χ1n) is 10.5. The fraction of sp³-hybridized carbons (Fsp3) is 0.130. The van der Waals surface area contributed by atoms with Crippen molar-refractivity contribution in [2.45, 2.75) is 6.04 Å². The Kier molecular flexibility index (Phi) is 5.42. The van der Waals surface area contributed by atoms with Crippen molar-refractivity contribution in [3.05, 3.63) is 81.3 Å². The zero-order valence-corrected chi connectivity index (χ0v) is 20.7. The molecule has 3 aromatic carbocycles. The van der Waals surface area contributed by atoms with E-state index in [0.29, 0.717) is 30.5 Å². The van der Waals surface area contributed by atoms with E-state index in [4.69, 9.17) is 9.47 Å². The molecule has 2 aromatic heterocycles. The van der Waals surface area contributed by atoms with E-state index in [1.54, 1.807) is 11.0 Å². The van der Waals surface area contributed by atoms with Crippen LogP contribution in [-0.2, 0) is 0 Å². The number of nitrogens with one attached hydrogen (secondary N) is 2. The lowest BCUT2D eigenvalue weighted by molar-refractivity contribution is 0.171. The van der Waals surface area contributed by atoms with Crippen LogP contribution in [0.25, 0.3) is 16.7 Å². The molecule has 34 heavy (non-hydrogen) atoms. The number of rotatable bonds is 5. The highest BCUT2D eigenvalue weighted by Gasteiger charge is 2.24. The Morgan fingerprint density at radius 1 is 0.941 bits per heavy atom. The van der Waals surface area contributed by atoms with Crippen LogP contribution in [0.4, 0.5) is 5.69 Å². The average Bonchev–Trinajstić information content (AvgIpc) is 3.51. The minimum absolute atomic E-state index is 0.364. The number of anilines is 1. The number of fused-ring (bicyclic) bond motifs is 2. The summed E-state index contributed by atoms with van der Waals surface area (Å²) in [5, 5.41) is 16.3. The predicted octanol–water partition coefficient (Wildman–Crippen LogP) is 5.04. The van der Waals surface area contributed by atoms with Crippen LogP contribution in [0.2, 0.25) is 0 Å². The van der Waals surface area contributed by atoms with Gasteiger partial charge in [0, 0.05) is 20.7 Å². The standard InChI is InChI=1S/C23H17Br2N7O2/c24-14-7-13(8-15(25)9-14)22(28-16-1-3-18-19(10-16)27-12-26-18)23-29-30-31-32(23)17-2-4-20-21(11-17)34-6-5-33-20/h1-4,7-12,22,28H,5-6H2,(H,26,27). The zero-order chi connectivity index (χ0) is 23.1. The summed E-state index contributed by atoms with van der Waals surface area (Å²) in [7, 11) is 0. The number of H-pyrrole nitrogens is 1. The van der Waals surface area contributed by atoms with Gasteiger partial charge >= 0.3 is 0 Å². The molecule has 3 heterocycles. The summed E-state index contributed by atoms with van der Waals surface area (Å²) in [6, 6.07) is 17.3. The van der Waals surface area contributed by atoms with Crippen molar-refractivity contribution < 1.29 is 9.47 Å². The lowest BCUT2D eigenvalue weighted by Gasteiger charge is -2.22. The molecule has 0 fully saturated rings. The number of benzene rings is 3. The van der Waals surface area contributed by atoms with Crippen molar-refractivity contribution >= 4 is 48.6 Å². The lowest BCUT2D eigenvalue weighted by Crippen LogP contribution is -2.19. The van der Waals surface area contributed by atoms with Gasteiger partial charge < -0.3 is 19.8 Å². The van der Waals surface area contributed by atoms with Crippen LogP contribution in [0.5, 0.6) is 11.5 Å². The summed E-state index contributed by atoms with van der Waals surface area (Å²) in [5.41, 5.74) is 4.47. The molecule has 0 radical (unpaired) electrons. The summed E-state index contributed by atoms with van der Waals surface area (Å²) in [6.45, 7) is 1.04. The van der Waals surface area contributed by atoms with Crippen LogP contribution in [0.1, 0.15) is 17.4 Å². The predicted molar refractivity (Wildman–Crippen MR) is 134 cm³/mol. The van der Waals surface area contributed by atoms with Crippen molar-refractivity contribution in [1.29, 1.82) is 0 Å². The fourth-order valence-corrected chi connectivity index (χ4v) is 5.28. The molecule has 0 spiro atoms. The fourth-order valence-electron chi connectivity index (χ4n) is 3.95. The Hall–Kier alpha value is -3.44. The first-order valence-corrected chi connectivity index (χ1v) is 12.1. The van der Waals surface area contributed by atoms with Gasteiger partial charge in [0.1, 0.15) is 19.3 Å². The van der Waals surface area contributed by atoms with Gasteiger partial charge in [-0.3, -0.25) is 0 Å². The molecule has 5 aromatic rings. The van der Waals surface area contributed by atoms with Gasteiger partial charge in [0.15, 0.2) is 17.3 Å². The molecule has 1 atom stereocenters. The number of hydrogen-bond acceptors (Lipinski definition) is 7. The molecule has 0 bridgehead atoms. The smallest absolute Gasteiger partial charge is 0.183 e. The second-order valence-electron chi connectivity index (χ2n) is 7.69. The van der Waals surface area contributed by atoms with E-state index in [0.717, 1.165) is 36.9 Å². The SMILES string of the molecule is Brc1cc(Br)cc(C(Nc2ccc3nc[nH]c3c2)c2nnnn2-c2ccc3c(c2)OCCO3)c1. The Labute approximate surface area is 210 Å². The average molecular weight is 583 g/mol. The Balaban J connectivity index is 1.45. The van der Waals surface area contributed by atoms with E-state index >= 15 is 0 Å². The van der Waals surface area contributed by atoms with Gasteiger partial charge in [-0.15, -0.1) is 5.10 Å². The van der Waals surface area contributed by atoms with Gasteiger partial charge in [-0.2, -0.15) is 4.68 Å². The number of tetrazole rings is 1. The van der Waals surface area contributed by atoms with Gasteiger partial charge in [-0.25, -0.2) is 4.98 Å². The number of aromatic amines is 1. The van der Waals surface area contributed by atoms with E-state index in [9.17, 15) is 0 Å². The minimum atomic E-state index is -0.364. The highest BCUT2D eigenvalue weighted by Crippen LogP contribution is 2.35. The van der Waals surface area contributed by atoms with Gasteiger partial charge in [-0.1, -0.05) is 31.9 Å². The summed E-state index contributed by atoms with van der Waals surface area (Å²) < 4.78 is 15.0. The van der Waals surface area contributed by atoms with Crippen LogP contribution < -0.4 is 14.8 Å². The van der Waals surface area contributed by atoms with Crippen molar-refractivity contribution in [2.24, 2.45) is 0 Å².